The Morgan fingerprint density at radius 2 is 2.00 bits per heavy atom. The van der Waals surface area contributed by atoms with Crippen LogP contribution in [0.15, 0.2) is 29.4 Å². The zero-order valence-corrected chi connectivity index (χ0v) is 12.2. The number of alkyl halides is 3. The van der Waals surface area contributed by atoms with Gasteiger partial charge in [-0.05, 0) is 24.1 Å². The van der Waals surface area contributed by atoms with E-state index >= 15 is 0 Å². The van der Waals surface area contributed by atoms with Gasteiger partial charge in [0.2, 0.25) is 0 Å². The molecule has 6 nitrogen and oxygen atoms in total. The lowest BCUT2D eigenvalue weighted by atomic mass is 10.0. The molecule has 0 fully saturated rings. The van der Waals surface area contributed by atoms with Gasteiger partial charge in [-0.25, -0.2) is 4.68 Å². The third-order valence-corrected chi connectivity index (χ3v) is 5.38. The van der Waals surface area contributed by atoms with Crippen LogP contribution in [-0.2, 0) is 29.7 Å². The van der Waals surface area contributed by atoms with Crippen LogP contribution in [0, 0.1) is 0 Å². The fourth-order valence-electron chi connectivity index (χ4n) is 2.55. The number of benzene rings is 1. The summed E-state index contributed by atoms with van der Waals surface area (Å²) in [6.07, 6.45) is -3.43. The second kappa shape index (κ2) is 4.70. The van der Waals surface area contributed by atoms with E-state index in [9.17, 15) is 21.6 Å². The van der Waals surface area contributed by atoms with Crippen LogP contribution in [0.3, 0.4) is 0 Å². The molecule has 0 aliphatic carbocycles. The second-order valence-electron chi connectivity index (χ2n) is 4.82. The lowest BCUT2D eigenvalue weighted by Gasteiger charge is -2.19. The summed E-state index contributed by atoms with van der Waals surface area (Å²) in [5, 5.41) is 6.88. The highest BCUT2D eigenvalue weighted by Crippen LogP contribution is 2.41. The monoisotopic (exact) mass is 332 g/mol. The molecule has 0 saturated heterocycles. The molecular formula is C12H11F3N4O2S. The van der Waals surface area contributed by atoms with Gasteiger partial charge in [0.15, 0.2) is 5.03 Å². The molecular weight excluding hydrogens is 321 g/mol. The van der Waals surface area contributed by atoms with E-state index in [4.69, 9.17) is 0 Å². The fraction of sp³-hybridized carbons (Fsp3) is 0.333. The summed E-state index contributed by atoms with van der Waals surface area (Å²) in [7, 11) is -2.59. The average Bonchev–Trinajstić information content (AvgIpc) is 3.03. The maximum Gasteiger partial charge on any atom is 0.416 e. The van der Waals surface area contributed by atoms with Gasteiger partial charge in [-0.2, -0.15) is 21.6 Å². The summed E-state index contributed by atoms with van der Waals surface area (Å²) in [6.45, 7) is -0.0457. The van der Waals surface area contributed by atoms with Crippen molar-refractivity contribution in [1.29, 1.82) is 0 Å². The molecule has 1 aromatic carbocycles. The number of halogens is 3. The Hall–Kier alpha value is -2.10. The maximum atomic E-state index is 13.0. The van der Waals surface area contributed by atoms with E-state index in [1.165, 1.54) is 19.2 Å². The summed E-state index contributed by atoms with van der Waals surface area (Å²) in [5.41, 5.74) is -0.754. The Balaban J connectivity index is 2.12. The Morgan fingerprint density at radius 1 is 1.27 bits per heavy atom. The standard InChI is InChI=1S/C12H11F3N4O2S/c1-18-11(7-16-17-18)22(20,21)19-6-5-8-9(12(13,14)15)3-2-4-10(8)19/h2-4,7H,5-6H2,1H3. The van der Waals surface area contributed by atoms with Crippen molar-refractivity contribution in [3.8, 4) is 0 Å². The maximum absolute atomic E-state index is 13.0. The SMILES string of the molecule is Cn1nncc1S(=O)(=O)N1CCc2c1cccc2C(F)(F)F. The van der Waals surface area contributed by atoms with E-state index in [0.29, 0.717) is 0 Å². The zero-order chi connectivity index (χ0) is 16.1. The van der Waals surface area contributed by atoms with Gasteiger partial charge in [-0.1, -0.05) is 11.3 Å². The van der Waals surface area contributed by atoms with Gasteiger partial charge in [0.1, 0.15) is 0 Å². The Bertz CT molecular complexity index is 829. The summed E-state index contributed by atoms with van der Waals surface area (Å²) >= 11 is 0. The molecule has 3 rings (SSSR count). The quantitative estimate of drug-likeness (QED) is 0.837. The first-order chi connectivity index (χ1) is 10.2. The number of hydrogen-bond donors (Lipinski definition) is 0. The first-order valence-electron chi connectivity index (χ1n) is 6.29. The van der Waals surface area contributed by atoms with E-state index in [2.05, 4.69) is 10.3 Å². The molecule has 0 radical (unpaired) electrons. The minimum Gasteiger partial charge on any atom is -0.264 e. The van der Waals surface area contributed by atoms with Crippen molar-refractivity contribution in [1.82, 2.24) is 15.0 Å². The Labute approximate surface area is 124 Å². The normalized spacial score (nSPS) is 15.2. The summed E-state index contributed by atoms with van der Waals surface area (Å²) < 4.78 is 66.2. The minimum absolute atomic E-state index is 0.00583. The average molecular weight is 332 g/mol. The van der Waals surface area contributed by atoms with Crippen LogP contribution in [0.2, 0.25) is 0 Å². The van der Waals surface area contributed by atoms with Crippen molar-refractivity contribution in [3.05, 3.63) is 35.5 Å². The highest BCUT2D eigenvalue weighted by molar-refractivity contribution is 7.92. The molecule has 0 bridgehead atoms. The van der Waals surface area contributed by atoms with Gasteiger partial charge in [0, 0.05) is 13.6 Å². The van der Waals surface area contributed by atoms with Crippen molar-refractivity contribution in [2.45, 2.75) is 17.6 Å². The minimum atomic E-state index is -4.51. The summed E-state index contributed by atoms with van der Waals surface area (Å²) in [5.74, 6) is 0. The van der Waals surface area contributed by atoms with Gasteiger partial charge in [0.25, 0.3) is 10.0 Å². The fourth-order valence-corrected chi connectivity index (χ4v) is 4.09. The molecule has 0 spiro atoms. The van der Waals surface area contributed by atoms with Gasteiger partial charge in [0.05, 0.1) is 17.4 Å². The third-order valence-electron chi connectivity index (χ3n) is 3.52. The zero-order valence-electron chi connectivity index (χ0n) is 11.4. The molecule has 0 unspecified atom stereocenters. The smallest absolute Gasteiger partial charge is 0.264 e. The van der Waals surface area contributed by atoms with E-state index < -0.39 is 21.8 Å². The molecule has 1 aromatic heterocycles. The highest BCUT2D eigenvalue weighted by atomic mass is 32.2. The van der Waals surface area contributed by atoms with Crippen LogP contribution < -0.4 is 4.31 Å². The number of anilines is 1. The van der Waals surface area contributed by atoms with Crippen molar-refractivity contribution in [3.63, 3.8) is 0 Å². The third kappa shape index (κ3) is 2.14. The molecule has 10 heteroatoms. The number of fused-ring (bicyclic) bond motifs is 1. The molecule has 118 valence electrons. The van der Waals surface area contributed by atoms with Crippen molar-refractivity contribution in [2.24, 2.45) is 7.05 Å². The lowest BCUT2D eigenvalue weighted by molar-refractivity contribution is -0.138. The van der Waals surface area contributed by atoms with Gasteiger partial charge < -0.3 is 0 Å². The number of aromatic nitrogens is 3. The molecule has 22 heavy (non-hydrogen) atoms. The largest absolute Gasteiger partial charge is 0.416 e. The summed E-state index contributed by atoms with van der Waals surface area (Å²) in [6, 6.07) is 3.54. The Kier molecular flexibility index (Phi) is 3.17. The van der Waals surface area contributed by atoms with Crippen LogP contribution in [-0.4, -0.2) is 30.0 Å². The van der Waals surface area contributed by atoms with Gasteiger partial charge in [-0.15, -0.1) is 5.10 Å². The molecule has 0 atom stereocenters. The van der Waals surface area contributed by atoms with Crippen LogP contribution in [0.5, 0.6) is 0 Å². The summed E-state index contributed by atoms with van der Waals surface area (Å²) in [4.78, 5) is 0. The predicted octanol–water partition coefficient (Wildman–Crippen LogP) is 1.59. The number of aryl methyl sites for hydroxylation is 1. The number of rotatable bonds is 2. The molecule has 0 saturated carbocycles. The van der Waals surface area contributed by atoms with Crippen molar-refractivity contribution >= 4 is 15.7 Å². The Morgan fingerprint density at radius 3 is 2.59 bits per heavy atom. The van der Waals surface area contributed by atoms with Crippen LogP contribution >= 0.6 is 0 Å². The first-order valence-corrected chi connectivity index (χ1v) is 7.73. The van der Waals surface area contributed by atoms with E-state index in [1.54, 1.807) is 0 Å². The van der Waals surface area contributed by atoms with E-state index in [-0.39, 0.29) is 29.2 Å². The van der Waals surface area contributed by atoms with Crippen LogP contribution in [0.4, 0.5) is 18.9 Å². The van der Waals surface area contributed by atoms with Crippen molar-refractivity contribution in [2.75, 3.05) is 10.8 Å². The van der Waals surface area contributed by atoms with E-state index in [0.717, 1.165) is 21.3 Å². The lowest BCUT2D eigenvalue weighted by Crippen LogP contribution is -2.30. The second-order valence-corrected chi connectivity index (χ2v) is 6.63. The molecule has 0 N–H and O–H groups in total. The van der Waals surface area contributed by atoms with E-state index in [1.807, 2.05) is 0 Å². The molecule has 1 aliphatic heterocycles. The molecule has 1 aliphatic rings. The number of sulfonamides is 1. The van der Waals surface area contributed by atoms with Crippen molar-refractivity contribution < 1.29 is 21.6 Å². The predicted molar refractivity (Wildman–Crippen MR) is 70.7 cm³/mol. The highest BCUT2D eigenvalue weighted by Gasteiger charge is 2.40. The van der Waals surface area contributed by atoms with Gasteiger partial charge >= 0.3 is 6.18 Å². The number of nitrogens with zero attached hydrogens (tertiary/aromatic N) is 4. The first kappa shape index (κ1) is 14.8. The molecule has 2 aromatic rings. The number of hydrogen-bond acceptors (Lipinski definition) is 4. The molecule has 0 amide bonds. The molecule has 2 heterocycles. The van der Waals surface area contributed by atoms with Gasteiger partial charge in [-0.3, -0.25) is 4.31 Å². The van der Waals surface area contributed by atoms with Crippen LogP contribution in [0.1, 0.15) is 11.1 Å². The van der Waals surface area contributed by atoms with Crippen LogP contribution in [0.25, 0.3) is 0 Å². The topological polar surface area (TPSA) is 68.1 Å².